The monoisotopic (exact) mass is 283 g/mol. The highest BCUT2D eigenvalue weighted by Crippen LogP contribution is 2.28. The van der Waals surface area contributed by atoms with E-state index < -0.39 is 0 Å². The smallest absolute Gasteiger partial charge is 0.138 e. The third kappa shape index (κ3) is 3.12. The van der Waals surface area contributed by atoms with Crippen molar-refractivity contribution in [3.63, 3.8) is 0 Å². The summed E-state index contributed by atoms with van der Waals surface area (Å²) in [5, 5.41) is 4.54. The molecule has 2 aromatic heterocycles. The predicted molar refractivity (Wildman–Crippen MR) is 79.8 cm³/mol. The first-order chi connectivity index (χ1) is 8.74. The molecule has 1 atom stereocenters. The van der Waals surface area contributed by atoms with Crippen LogP contribution in [-0.2, 0) is 6.42 Å². The highest BCUT2D eigenvalue weighted by molar-refractivity contribution is 7.18. The fraction of sp³-hybridized carbons (Fsp3) is 0.538. The minimum absolute atomic E-state index is 0.553. The van der Waals surface area contributed by atoms with E-state index in [-0.39, 0.29) is 0 Å². The van der Waals surface area contributed by atoms with Gasteiger partial charge in [-0.15, -0.1) is 22.9 Å². The average Bonchev–Trinajstić information content (AvgIpc) is 2.80. The molecular weight excluding hydrogens is 266 g/mol. The number of nitrogens with one attached hydrogen (secondary N) is 1. The van der Waals surface area contributed by atoms with Crippen LogP contribution in [-0.4, -0.2) is 22.4 Å². The van der Waals surface area contributed by atoms with Gasteiger partial charge in [0.15, 0.2) is 0 Å². The number of halogens is 1. The van der Waals surface area contributed by atoms with E-state index in [1.807, 2.05) is 0 Å². The Morgan fingerprint density at radius 2 is 2.28 bits per heavy atom. The van der Waals surface area contributed by atoms with Crippen LogP contribution < -0.4 is 5.32 Å². The highest BCUT2D eigenvalue weighted by Gasteiger charge is 2.08. The van der Waals surface area contributed by atoms with Crippen LogP contribution in [0.1, 0.15) is 25.1 Å². The number of thiophene rings is 1. The Morgan fingerprint density at radius 3 is 3.00 bits per heavy atom. The molecule has 98 valence electrons. The Labute approximate surface area is 117 Å². The molecule has 0 amide bonds. The minimum Gasteiger partial charge on any atom is -0.369 e. The number of nitrogens with zero attached hydrogens (tertiary/aromatic N) is 2. The molecule has 5 heteroatoms. The fourth-order valence-electron chi connectivity index (χ4n) is 1.78. The molecule has 0 spiro atoms. The Balaban J connectivity index is 2.14. The van der Waals surface area contributed by atoms with E-state index >= 15 is 0 Å². The van der Waals surface area contributed by atoms with Crippen LogP contribution in [0.4, 0.5) is 5.82 Å². The maximum absolute atomic E-state index is 5.74. The third-order valence-electron chi connectivity index (χ3n) is 2.95. The quantitative estimate of drug-likeness (QED) is 0.816. The Hall–Kier alpha value is -0.870. The zero-order valence-corrected chi connectivity index (χ0v) is 12.3. The van der Waals surface area contributed by atoms with E-state index in [4.69, 9.17) is 11.6 Å². The van der Waals surface area contributed by atoms with Gasteiger partial charge in [0, 0.05) is 17.3 Å². The number of anilines is 1. The first kappa shape index (κ1) is 13.6. The first-order valence-electron chi connectivity index (χ1n) is 6.27. The van der Waals surface area contributed by atoms with Crippen molar-refractivity contribution in [2.75, 3.05) is 17.7 Å². The van der Waals surface area contributed by atoms with Gasteiger partial charge in [-0.25, -0.2) is 9.97 Å². The molecule has 0 saturated carbocycles. The molecule has 18 heavy (non-hydrogen) atoms. The third-order valence-corrected chi connectivity index (χ3v) is 4.35. The second kappa shape index (κ2) is 6.34. The van der Waals surface area contributed by atoms with Gasteiger partial charge in [0.05, 0.1) is 5.39 Å². The summed E-state index contributed by atoms with van der Waals surface area (Å²) in [6.07, 6.45) is 3.70. The Bertz CT molecular complexity index is 512. The van der Waals surface area contributed by atoms with Gasteiger partial charge in [0.1, 0.15) is 17.0 Å². The summed E-state index contributed by atoms with van der Waals surface area (Å²) in [5.41, 5.74) is 0. The number of alkyl halides is 1. The lowest BCUT2D eigenvalue weighted by molar-refractivity contribution is 0.596. The molecule has 0 aliphatic carbocycles. The molecule has 0 aliphatic rings. The van der Waals surface area contributed by atoms with Crippen LogP contribution in [0.3, 0.4) is 0 Å². The fourth-order valence-corrected chi connectivity index (χ4v) is 3.09. The first-order valence-corrected chi connectivity index (χ1v) is 7.63. The minimum atomic E-state index is 0.553. The molecule has 0 fully saturated rings. The van der Waals surface area contributed by atoms with Gasteiger partial charge >= 0.3 is 0 Å². The van der Waals surface area contributed by atoms with Crippen molar-refractivity contribution in [1.29, 1.82) is 0 Å². The van der Waals surface area contributed by atoms with Gasteiger partial charge in [-0.2, -0.15) is 0 Å². The normalized spacial score (nSPS) is 12.8. The number of hydrogen-bond donors (Lipinski definition) is 1. The van der Waals surface area contributed by atoms with Crippen molar-refractivity contribution in [1.82, 2.24) is 9.97 Å². The molecule has 0 saturated heterocycles. The van der Waals surface area contributed by atoms with Crippen LogP contribution in [0.5, 0.6) is 0 Å². The molecule has 0 aliphatic heterocycles. The van der Waals surface area contributed by atoms with Crippen LogP contribution in [0.25, 0.3) is 10.2 Å². The van der Waals surface area contributed by atoms with Crippen molar-refractivity contribution in [3.8, 4) is 0 Å². The lowest BCUT2D eigenvalue weighted by Crippen LogP contribution is -2.12. The van der Waals surface area contributed by atoms with Crippen molar-refractivity contribution in [2.24, 2.45) is 5.92 Å². The molecule has 1 unspecified atom stereocenters. The second-order valence-electron chi connectivity index (χ2n) is 4.47. The van der Waals surface area contributed by atoms with Gasteiger partial charge in [0.2, 0.25) is 0 Å². The van der Waals surface area contributed by atoms with Crippen LogP contribution in [0.2, 0.25) is 0 Å². The Kier molecular flexibility index (Phi) is 4.78. The molecule has 2 rings (SSSR count). The van der Waals surface area contributed by atoms with E-state index in [0.29, 0.717) is 11.8 Å². The highest BCUT2D eigenvalue weighted by atomic mass is 35.5. The summed E-state index contributed by atoms with van der Waals surface area (Å²) in [7, 11) is 0. The van der Waals surface area contributed by atoms with Gasteiger partial charge in [-0.05, 0) is 24.8 Å². The number of rotatable bonds is 6. The van der Waals surface area contributed by atoms with E-state index in [0.717, 1.165) is 35.4 Å². The van der Waals surface area contributed by atoms with Crippen molar-refractivity contribution < 1.29 is 0 Å². The number of fused-ring (bicyclic) bond motifs is 1. The van der Waals surface area contributed by atoms with E-state index in [9.17, 15) is 0 Å². The summed E-state index contributed by atoms with van der Waals surface area (Å²) < 4.78 is 0. The van der Waals surface area contributed by atoms with Gasteiger partial charge in [-0.3, -0.25) is 0 Å². The van der Waals surface area contributed by atoms with Gasteiger partial charge < -0.3 is 5.32 Å². The van der Waals surface area contributed by atoms with E-state index in [1.165, 1.54) is 4.88 Å². The largest absolute Gasteiger partial charge is 0.369 e. The molecule has 3 nitrogen and oxygen atoms in total. The summed E-state index contributed by atoms with van der Waals surface area (Å²) in [5.74, 6) is 2.20. The molecule has 1 N–H and O–H groups in total. The summed E-state index contributed by atoms with van der Waals surface area (Å²) >= 11 is 7.49. The molecule has 0 aromatic carbocycles. The van der Waals surface area contributed by atoms with Gasteiger partial charge in [-0.1, -0.05) is 13.8 Å². The number of aromatic nitrogens is 2. The standard InChI is InChI=1S/C13H18ClN3S/c1-3-10-6-11-12(15-7-9(2)4-5-14)16-8-17-13(11)18-10/h6,8-9H,3-5,7H2,1-2H3,(H,15,16,17). The van der Waals surface area contributed by atoms with Crippen LogP contribution in [0.15, 0.2) is 12.4 Å². The summed E-state index contributed by atoms with van der Waals surface area (Å²) in [4.78, 5) is 11.1. The van der Waals surface area contributed by atoms with Crippen molar-refractivity contribution in [3.05, 3.63) is 17.3 Å². The summed E-state index contributed by atoms with van der Waals surface area (Å²) in [6, 6.07) is 2.19. The molecule has 2 aromatic rings. The Morgan fingerprint density at radius 1 is 1.44 bits per heavy atom. The maximum atomic E-state index is 5.74. The lowest BCUT2D eigenvalue weighted by atomic mass is 10.1. The second-order valence-corrected chi connectivity index (χ2v) is 5.96. The predicted octanol–water partition coefficient (Wildman–Crippen LogP) is 3.93. The van der Waals surface area contributed by atoms with E-state index in [2.05, 4.69) is 35.2 Å². The molecular formula is C13H18ClN3S. The van der Waals surface area contributed by atoms with Crippen molar-refractivity contribution >= 4 is 39.0 Å². The van der Waals surface area contributed by atoms with E-state index in [1.54, 1.807) is 17.7 Å². The lowest BCUT2D eigenvalue weighted by Gasteiger charge is -2.11. The molecule has 0 radical (unpaired) electrons. The summed E-state index contributed by atoms with van der Waals surface area (Å²) in [6.45, 7) is 5.25. The maximum Gasteiger partial charge on any atom is 0.138 e. The zero-order valence-electron chi connectivity index (χ0n) is 10.7. The zero-order chi connectivity index (χ0) is 13.0. The topological polar surface area (TPSA) is 37.8 Å². The molecule has 0 bridgehead atoms. The molecule has 2 heterocycles. The van der Waals surface area contributed by atoms with Crippen LogP contribution in [0, 0.1) is 5.92 Å². The average molecular weight is 284 g/mol. The SMILES string of the molecule is CCc1cc2c(NCC(C)CCCl)ncnc2s1. The van der Waals surface area contributed by atoms with Gasteiger partial charge in [0.25, 0.3) is 0 Å². The number of hydrogen-bond acceptors (Lipinski definition) is 4. The van der Waals surface area contributed by atoms with Crippen molar-refractivity contribution in [2.45, 2.75) is 26.7 Å². The van der Waals surface area contributed by atoms with Crippen LogP contribution >= 0.6 is 22.9 Å². The number of aryl methyl sites for hydroxylation is 1.